The molecule has 3 atom stereocenters. The SMILES string of the molecule is COc1cc(OC)cc(C(CN)N2CC(C)C(C)C2)c1. The zero-order chi connectivity index (χ0) is 14.7. The monoisotopic (exact) mass is 278 g/mol. The van der Waals surface area contributed by atoms with E-state index >= 15 is 0 Å². The molecule has 2 rings (SSSR count). The Balaban J connectivity index is 2.27. The van der Waals surface area contributed by atoms with Crippen LogP contribution in [0.5, 0.6) is 11.5 Å². The number of nitrogens with zero attached hydrogens (tertiary/aromatic N) is 1. The fourth-order valence-electron chi connectivity index (χ4n) is 2.95. The first-order valence-electron chi connectivity index (χ1n) is 7.26. The molecule has 0 radical (unpaired) electrons. The van der Waals surface area contributed by atoms with E-state index in [9.17, 15) is 0 Å². The van der Waals surface area contributed by atoms with Crippen LogP contribution in [-0.4, -0.2) is 38.8 Å². The Morgan fingerprint density at radius 1 is 1.10 bits per heavy atom. The van der Waals surface area contributed by atoms with Crippen molar-refractivity contribution in [2.45, 2.75) is 19.9 Å². The number of hydrogen-bond acceptors (Lipinski definition) is 4. The number of likely N-dealkylation sites (tertiary alicyclic amines) is 1. The van der Waals surface area contributed by atoms with Crippen molar-refractivity contribution in [3.8, 4) is 11.5 Å². The lowest BCUT2D eigenvalue weighted by molar-refractivity contribution is 0.239. The predicted octanol–water partition coefficient (Wildman–Crippen LogP) is 2.29. The molecule has 4 nitrogen and oxygen atoms in total. The second kappa shape index (κ2) is 6.46. The maximum Gasteiger partial charge on any atom is 0.122 e. The number of rotatable bonds is 5. The normalized spacial score (nSPS) is 24.6. The highest BCUT2D eigenvalue weighted by Gasteiger charge is 2.31. The van der Waals surface area contributed by atoms with E-state index in [0.717, 1.165) is 36.4 Å². The Labute approximate surface area is 121 Å². The maximum atomic E-state index is 6.04. The standard InChI is InChI=1S/C16H26N2O2/c1-11-9-18(10-12(11)2)16(8-17)13-5-14(19-3)7-15(6-13)20-4/h5-7,11-12,16H,8-10,17H2,1-4H3. The zero-order valence-electron chi connectivity index (χ0n) is 12.9. The van der Waals surface area contributed by atoms with Crippen molar-refractivity contribution < 1.29 is 9.47 Å². The smallest absolute Gasteiger partial charge is 0.122 e. The third-order valence-corrected chi connectivity index (χ3v) is 4.44. The number of nitrogens with two attached hydrogens (primary N) is 1. The molecule has 0 aliphatic carbocycles. The van der Waals surface area contributed by atoms with Crippen LogP contribution >= 0.6 is 0 Å². The summed E-state index contributed by atoms with van der Waals surface area (Å²) in [6.07, 6.45) is 0. The summed E-state index contributed by atoms with van der Waals surface area (Å²) in [5, 5.41) is 0. The minimum Gasteiger partial charge on any atom is -0.497 e. The van der Waals surface area contributed by atoms with Gasteiger partial charge in [0, 0.05) is 31.7 Å². The Hall–Kier alpha value is -1.26. The van der Waals surface area contributed by atoms with Crippen LogP contribution in [0.1, 0.15) is 25.5 Å². The summed E-state index contributed by atoms with van der Waals surface area (Å²) in [7, 11) is 3.35. The summed E-state index contributed by atoms with van der Waals surface area (Å²) in [6.45, 7) is 7.43. The first-order valence-corrected chi connectivity index (χ1v) is 7.26. The van der Waals surface area contributed by atoms with Gasteiger partial charge in [-0.05, 0) is 29.5 Å². The molecule has 1 fully saturated rings. The van der Waals surface area contributed by atoms with Crippen molar-refractivity contribution >= 4 is 0 Å². The Bertz CT molecular complexity index is 418. The molecule has 20 heavy (non-hydrogen) atoms. The lowest BCUT2D eigenvalue weighted by atomic mass is 10.0. The molecule has 112 valence electrons. The van der Waals surface area contributed by atoms with Crippen LogP contribution < -0.4 is 15.2 Å². The topological polar surface area (TPSA) is 47.7 Å². The minimum atomic E-state index is 0.228. The molecular weight excluding hydrogens is 252 g/mol. The van der Waals surface area contributed by atoms with Crippen LogP contribution in [0, 0.1) is 11.8 Å². The summed E-state index contributed by atoms with van der Waals surface area (Å²) in [5.74, 6) is 3.07. The Kier molecular flexibility index (Phi) is 4.89. The largest absolute Gasteiger partial charge is 0.497 e. The molecule has 0 saturated carbocycles. The van der Waals surface area contributed by atoms with E-state index in [2.05, 4.69) is 30.9 Å². The molecule has 0 amide bonds. The molecule has 1 saturated heterocycles. The van der Waals surface area contributed by atoms with E-state index < -0.39 is 0 Å². The fourth-order valence-corrected chi connectivity index (χ4v) is 2.95. The molecular formula is C16H26N2O2. The number of methoxy groups -OCH3 is 2. The van der Waals surface area contributed by atoms with Gasteiger partial charge in [0.25, 0.3) is 0 Å². The fraction of sp³-hybridized carbons (Fsp3) is 0.625. The van der Waals surface area contributed by atoms with Gasteiger partial charge < -0.3 is 15.2 Å². The van der Waals surface area contributed by atoms with Gasteiger partial charge in [0.05, 0.1) is 14.2 Å². The van der Waals surface area contributed by atoms with Crippen molar-refractivity contribution in [2.75, 3.05) is 33.9 Å². The molecule has 0 spiro atoms. The van der Waals surface area contributed by atoms with Gasteiger partial charge in [-0.25, -0.2) is 0 Å². The van der Waals surface area contributed by atoms with Crippen molar-refractivity contribution in [3.05, 3.63) is 23.8 Å². The highest BCUT2D eigenvalue weighted by molar-refractivity contribution is 5.40. The summed E-state index contributed by atoms with van der Waals surface area (Å²) < 4.78 is 10.7. The van der Waals surface area contributed by atoms with E-state index in [1.54, 1.807) is 14.2 Å². The van der Waals surface area contributed by atoms with Crippen molar-refractivity contribution in [1.29, 1.82) is 0 Å². The van der Waals surface area contributed by atoms with Gasteiger partial charge >= 0.3 is 0 Å². The van der Waals surface area contributed by atoms with E-state index in [0.29, 0.717) is 6.54 Å². The van der Waals surface area contributed by atoms with Crippen molar-refractivity contribution in [1.82, 2.24) is 4.90 Å². The van der Waals surface area contributed by atoms with E-state index in [1.165, 1.54) is 5.56 Å². The van der Waals surface area contributed by atoms with Crippen LogP contribution in [0.25, 0.3) is 0 Å². The molecule has 1 aliphatic heterocycles. The van der Waals surface area contributed by atoms with Gasteiger partial charge in [-0.3, -0.25) is 4.90 Å². The quantitative estimate of drug-likeness (QED) is 0.898. The number of benzene rings is 1. The van der Waals surface area contributed by atoms with Gasteiger partial charge in [-0.15, -0.1) is 0 Å². The molecule has 0 aromatic heterocycles. The van der Waals surface area contributed by atoms with Gasteiger partial charge in [0.1, 0.15) is 11.5 Å². The summed E-state index contributed by atoms with van der Waals surface area (Å²) >= 11 is 0. The number of ether oxygens (including phenoxy) is 2. The molecule has 0 bridgehead atoms. The van der Waals surface area contributed by atoms with Crippen LogP contribution in [0.2, 0.25) is 0 Å². The van der Waals surface area contributed by atoms with Gasteiger partial charge in [0.2, 0.25) is 0 Å². The first-order chi connectivity index (χ1) is 9.58. The highest BCUT2D eigenvalue weighted by atomic mass is 16.5. The summed E-state index contributed by atoms with van der Waals surface area (Å²) in [4.78, 5) is 2.48. The Morgan fingerprint density at radius 2 is 1.60 bits per heavy atom. The molecule has 1 aliphatic rings. The zero-order valence-corrected chi connectivity index (χ0v) is 12.9. The van der Waals surface area contributed by atoms with Crippen LogP contribution in [0.4, 0.5) is 0 Å². The lowest BCUT2D eigenvalue weighted by Gasteiger charge is -2.27. The first kappa shape index (κ1) is 15.1. The van der Waals surface area contributed by atoms with Crippen molar-refractivity contribution in [2.24, 2.45) is 17.6 Å². The molecule has 4 heteroatoms. The second-order valence-corrected chi connectivity index (χ2v) is 5.81. The highest BCUT2D eigenvalue weighted by Crippen LogP contribution is 2.33. The third-order valence-electron chi connectivity index (χ3n) is 4.44. The van der Waals surface area contributed by atoms with E-state index in [-0.39, 0.29) is 6.04 Å². The summed E-state index contributed by atoms with van der Waals surface area (Å²) in [5.41, 5.74) is 7.21. The van der Waals surface area contributed by atoms with Crippen LogP contribution in [0.15, 0.2) is 18.2 Å². The van der Waals surface area contributed by atoms with Crippen LogP contribution in [0.3, 0.4) is 0 Å². The molecule has 1 heterocycles. The average molecular weight is 278 g/mol. The predicted molar refractivity (Wildman–Crippen MR) is 81.2 cm³/mol. The second-order valence-electron chi connectivity index (χ2n) is 5.81. The molecule has 1 aromatic rings. The molecule has 3 unspecified atom stereocenters. The third kappa shape index (κ3) is 3.07. The molecule has 1 aromatic carbocycles. The number of hydrogen-bond donors (Lipinski definition) is 1. The Morgan fingerprint density at radius 3 is 2.00 bits per heavy atom. The van der Waals surface area contributed by atoms with Crippen LogP contribution in [-0.2, 0) is 0 Å². The van der Waals surface area contributed by atoms with Gasteiger partial charge in [-0.2, -0.15) is 0 Å². The van der Waals surface area contributed by atoms with E-state index in [4.69, 9.17) is 15.2 Å². The average Bonchev–Trinajstić information content (AvgIpc) is 2.78. The molecule has 2 N–H and O–H groups in total. The van der Waals surface area contributed by atoms with E-state index in [1.807, 2.05) is 6.07 Å². The summed E-state index contributed by atoms with van der Waals surface area (Å²) in [6, 6.07) is 6.25. The minimum absolute atomic E-state index is 0.228. The lowest BCUT2D eigenvalue weighted by Crippen LogP contribution is -2.32. The maximum absolute atomic E-state index is 6.04. The van der Waals surface area contributed by atoms with Gasteiger partial charge in [-0.1, -0.05) is 13.8 Å². The van der Waals surface area contributed by atoms with Gasteiger partial charge in [0.15, 0.2) is 0 Å². The van der Waals surface area contributed by atoms with Crippen molar-refractivity contribution in [3.63, 3.8) is 0 Å².